The SMILES string of the molecule is CCCCCC(=O)[C@H](CNC(=O)c1cnn(CCc2ccc3c(n2)NCCC3)c1)NS(=O)(=O)c1ccc(OC)cc1. The quantitative estimate of drug-likeness (QED) is 0.232. The minimum absolute atomic E-state index is 0.00135. The van der Waals surface area contributed by atoms with Crippen LogP contribution in [0.15, 0.2) is 53.7 Å². The predicted molar refractivity (Wildman–Crippen MR) is 156 cm³/mol. The van der Waals surface area contributed by atoms with Gasteiger partial charge in [-0.3, -0.25) is 14.3 Å². The molecule has 220 valence electrons. The van der Waals surface area contributed by atoms with E-state index in [4.69, 9.17) is 9.72 Å². The average Bonchev–Trinajstić information content (AvgIpc) is 3.47. The zero-order chi connectivity index (χ0) is 29.2. The van der Waals surface area contributed by atoms with Crippen molar-refractivity contribution in [3.63, 3.8) is 0 Å². The number of aromatic nitrogens is 3. The van der Waals surface area contributed by atoms with Crippen LogP contribution >= 0.6 is 0 Å². The number of nitrogens with zero attached hydrogens (tertiary/aromatic N) is 3. The van der Waals surface area contributed by atoms with Gasteiger partial charge >= 0.3 is 0 Å². The normalized spacial score (nSPS) is 13.6. The average molecular weight is 583 g/mol. The lowest BCUT2D eigenvalue weighted by molar-refractivity contribution is -0.120. The van der Waals surface area contributed by atoms with E-state index in [-0.39, 0.29) is 23.6 Å². The molecule has 1 aliphatic rings. The maximum atomic E-state index is 13.0. The van der Waals surface area contributed by atoms with Crippen LogP contribution in [0.3, 0.4) is 0 Å². The van der Waals surface area contributed by atoms with E-state index in [9.17, 15) is 18.0 Å². The van der Waals surface area contributed by atoms with Crippen molar-refractivity contribution in [1.29, 1.82) is 0 Å². The van der Waals surface area contributed by atoms with Crippen molar-refractivity contribution in [3.05, 3.63) is 65.6 Å². The van der Waals surface area contributed by atoms with Gasteiger partial charge in [-0.05, 0) is 55.2 Å². The second-order valence-electron chi connectivity index (χ2n) is 10.1. The summed E-state index contributed by atoms with van der Waals surface area (Å²) in [5.41, 5.74) is 2.49. The Bertz CT molecular complexity index is 1440. The van der Waals surface area contributed by atoms with Gasteiger partial charge < -0.3 is 15.4 Å². The fourth-order valence-electron chi connectivity index (χ4n) is 4.59. The maximum absolute atomic E-state index is 13.0. The minimum atomic E-state index is -4.01. The minimum Gasteiger partial charge on any atom is -0.497 e. The number of carbonyl (C=O) groups is 2. The van der Waals surface area contributed by atoms with Gasteiger partial charge in [0.1, 0.15) is 11.6 Å². The lowest BCUT2D eigenvalue weighted by Crippen LogP contribution is -2.48. The third kappa shape index (κ3) is 8.37. The number of benzene rings is 1. The number of anilines is 1. The molecule has 4 rings (SSSR count). The van der Waals surface area contributed by atoms with Gasteiger partial charge in [0.2, 0.25) is 10.0 Å². The molecule has 3 aromatic rings. The first-order valence-electron chi connectivity index (χ1n) is 14.0. The van der Waals surface area contributed by atoms with Crippen LogP contribution in [0.2, 0.25) is 0 Å². The smallest absolute Gasteiger partial charge is 0.254 e. The van der Waals surface area contributed by atoms with Crippen molar-refractivity contribution in [2.75, 3.05) is 25.5 Å². The standard InChI is InChI=1S/C29H38N6O5S/c1-3-4-5-8-27(36)26(34-41(38,39)25-13-11-24(40-2)12-14-25)19-31-29(37)22-18-32-35(20-22)17-15-23-10-9-21-7-6-16-30-28(21)33-23/h9-14,18,20,26,34H,3-8,15-17,19H2,1-2H3,(H,30,33)(H,31,37)/t26-/m0/s1. The first kappa shape index (κ1) is 30.2. The summed E-state index contributed by atoms with van der Waals surface area (Å²) in [6.45, 7) is 3.31. The summed E-state index contributed by atoms with van der Waals surface area (Å²) in [6.07, 6.45) is 8.51. The largest absolute Gasteiger partial charge is 0.497 e. The first-order chi connectivity index (χ1) is 19.8. The van der Waals surface area contributed by atoms with E-state index in [1.54, 1.807) is 10.9 Å². The highest BCUT2D eigenvalue weighted by Gasteiger charge is 2.26. The number of rotatable bonds is 15. The summed E-state index contributed by atoms with van der Waals surface area (Å²) in [5.74, 6) is 0.733. The molecule has 1 aliphatic heterocycles. The van der Waals surface area contributed by atoms with E-state index < -0.39 is 22.0 Å². The number of pyridine rings is 1. The molecular formula is C29H38N6O5S. The van der Waals surface area contributed by atoms with Crippen molar-refractivity contribution < 1.29 is 22.7 Å². The second kappa shape index (κ2) is 14.2. The van der Waals surface area contributed by atoms with Gasteiger partial charge in [-0.15, -0.1) is 0 Å². The molecule has 0 unspecified atom stereocenters. The van der Waals surface area contributed by atoms with Crippen molar-refractivity contribution in [2.24, 2.45) is 0 Å². The summed E-state index contributed by atoms with van der Waals surface area (Å²) >= 11 is 0. The topological polar surface area (TPSA) is 144 Å². The molecule has 12 heteroatoms. The lowest BCUT2D eigenvalue weighted by Gasteiger charge is -2.18. The highest BCUT2D eigenvalue weighted by molar-refractivity contribution is 7.89. The molecule has 1 aromatic carbocycles. The number of ether oxygens (including phenoxy) is 1. The third-order valence-electron chi connectivity index (χ3n) is 6.99. The summed E-state index contributed by atoms with van der Waals surface area (Å²) in [4.78, 5) is 30.6. The van der Waals surface area contributed by atoms with Gasteiger partial charge in [-0.25, -0.2) is 13.4 Å². The zero-order valence-corrected chi connectivity index (χ0v) is 24.4. The number of fused-ring (bicyclic) bond motifs is 1. The van der Waals surface area contributed by atoms with Crippen LogP contribution in [0.25, 0.3) is 0 Å². The number of carbonyl (C=O) groups excluding carboxylic acids is 2. The van der Waals surface area contributed by atoms with Crippen molar-refractivity contribution in [2.45, 2.75) is 69.4 Å². The third-order valence-corrected chi connectivity index (χ3v) is 8.48. The number of unbranched alkanes of at least 4 members (excludes halogenated alkanes) is 2. The monoisotopic (exact) mass is 582 g/mol. The fraction of sp³-hybridized carbons (Fsp3) is 0.448. The summed E-state index contributed by atoms with van der Waals surface area (Å²) in [5, 5.41) is 10.3. The van der Waals surface area contributed by atoms with E-state index in [0.717, 1.165) is 43.7 Å². The van der Waals surface area contributed by atoms with Crippen molar-refractivity contribution in [1.82, 2.24) is 24.8 Å². The first-order valence-corrected chi connectivity index (χ1v) is 15.5. The lowest BCUT2D eigenvalue weighted by atomic mass is 10.1. The molecule has 0 bridgehead atoms. The molecule has 1 atom stereocenters. The summed E-state index contributed by atoms with van der Waals surface area (Å²) in [7, 11) is -2.52. The zero-order valence-electron chi connectivity index (χ0n) is 23.6. The molecule has 3 N–H and O–H groups in total. The number of Topliss-reactive ketones (excluding diaryl/α,β-unsaturated/α-hetero) is 1. The Balaban J connectivity index is 1.36. The summed E-state index contributed by atoms with van der Waals surface area (Å²) in [6, 6.07) is 8.89. The van der Waals surface area contributed by atoms with Crippen LogP contribution in [0.4, 0.5) is 5.82 Å². The predicted octanol–water partition coefficient (Wildman–Crippen LogP) is 3.11. The molecule has 0 saturated heterocycles. The van der Waals surface area contributed by atoms with Gasteiger partial charge in [0, 0.05) is 44.4 Å². The molecule has 0 fully saturated rings. The van der Waals surface area contributed by atoms with Crippen LogP contribution in [0.1, 0.15) is 60.6 Å². The molecule has 2 aromatic heterocycles. The highest BCUT2D eigenvalue weighted by atomic mass is 32.2. The van der Waals surface area contributed by atoms with E-state index >= 15 is 0 Å². The molecule has 11 nitrogen and oxygen atoms in total. The number of hydrogen-bond acceptors (Lipinski definition) is 8. The van der Waals surface area contributed by atoms with Crippen molar-refractivity contribution in [3.8, 4) is 5.75 Å². The van der Waals surface area contributed by atoms with Crippen LogP contribution in [-0.4, -0.2) is 61.1 Å². The summed E-state index contributed by atoms with van der Waals surface area (Å²) < 4.78 is 35.3. The Hall–Kier alpha value is -3.77. The Morgan fingerprint density at radius 2 is 1.95 bits per heavy atom. The van der Waals surface area contributed by atoms with Gasteiger partial charge in [0.25, 0.3) is 5.91 Å². The van der Waals surface area contributed by atoms with Crippen LogP contribution in [-0.2, 0) is 34.2 Å². The van der Waals surface area contributed by atoms with Crippen LogP contribution < -0.4 is 20.1 Å². The van der Waals surface area contributed by atoms with E-state index in [1.807, 2.05) is 13.0 Å². The van der Waals surface area contributed by atoms with Crippen molar-refractivity contribution >= 4 is 27.5 Å². The highest BCUT2D eigenvalue weighted by Crippen LogP contribution is 2.20. The van der Waals surface area contributed by atoms with Crippen LogP contribution in [0, 0.1) is 0 Å². The molecule has 0 aliphatic carbocycles. The van der Waals surface area contributed by atoms with Gasteiger partial charge in [0.15, 0.2) is 5.78 Å². The van der Waals surface area contributed by atoms with E-state index in [0.29, 0.717) is 30.7 Å². The molecular weight excluding hydrogens is 544 g/mol. The van der Waals surface area contributed by atoms with Crippen LogP contribution in [0.5, 0.6) is 5.75 Å². The molecule has 0 saturated carbocycles. The second-order valence-corrected chi connectivity index (χ2v) is 11.8. The Morgan fingerprint density at radius 1 is 1.15 bits per heavy atom. The molecule has 41 heavy (non-hydrogen) atoms. The maximum Gasteiger partial charge on any atom is 0.254 e. The Morgan fingerprint density at radius 3 is 2.71 bits per heavy atom. The number of sulfonamides is 1. The molecule has 0 radical (unpaired) electrons. The number of amides is 1. The Labute approximate surface area is 241 Å². The van der Waals surface area contributed by atoms with Gasteiger partial charge in [0.05, 0.1) is 29.8 Å². The van der Waals surface area contributed by atoms with E-state index in [2.05, 4.69) is 26.5 Å². The van der Waals surface area contributed by atoms with E-state index in [1.165, 1.54) is 43.1 Å². The molecule has 0 spiro atoms. The number of ketones is 1. The Kier molecular flexibility index (Phi) is 10.5. The number of hydrogen-bond donors (Lipinski definition) is 3. The van der Waals surface area contributed by atoms with Gasteiger partial charge in [-0.1, -0.05) is 25.8 Å². The number of aryl methyl sites for hydroxylation is 3. The molecule has 1 amide bonds. The number of methoxy groups -OCH3 is 1. The van der Waals surface area contributed by atoms with Gasteiger partial charge in [-0.2, -0.15) is 9.82 Å². The molecule has 3 heterocycles. The fourth-order valence-corrected chi connectivity index (χ4v) is 5.81. The number of nitrogens with one attached hydrogen (secondary N) is 3.